The van der Waals surface area contributed by atoms with E-state index in [4.69, 9.17) is 0 Å². The Labute approximate surface area is 157 Å². The normalized spacial score (nSPS) is 10.7. The van der Waals surface area contributed by atoms with Crippen LogP contribution in [0.25, 0.3) is 5.69 Å². The molecule has 134 valence electrons. The van der Waals surface area contributed by atoms with E-state index in [-0.39, 0.29) is 5.91 Å². The number of carbonyl (C=O) groups excluding carboxylic acids is 1. The Morgan fingerprint density at radius 3 is 2.50 bits per heavy atom. The van der Waals surface area contributed by atoms with Crippen LogP contribution >= 0.6 is 11.8 Å². The molecule has 2 aromatic carbocycles. The number of rotatable bonds is 7. The average Bonchev–Trinajstić information content (AvgIpc) is 3.02. The Kier molecular flexibility index (Phi) is 6.07. The largest absolute Gasteiger partial charge is 0.355 e. The number of aromatic nitrogens is 3. The fraction of sp³-hybridized carbons (Fsp3) is 0.250. The van der Waals surface area contributed by atoms with Gasteiger partial charge >= 0.3 is 0 Å². The van der Waals surface area contributed by atoms with Crippen molar-refractivity contribution in [2.45, 2.75) is 25.4 Å². The molecular formula is C20H22N4OS. The van der Waals surface area contributed by atoms with E-state index >= 15 is 0 Å². The minimum Gasteiger partial charge on any atom is -0.355 e. The molecule has 0 atom stereocenters. The van der Waals surface area contributed by atoms with Crippen molar-refractivity contribution < 1.29 is 4.79 Å². The molecule has 5 nitrogen and oxygen atoms in total. The Bertz CT molecular complexity index is 859. The molecule has 0 spiro atoms. The molecule has 0 bridgehead atoms. The lowest BCUT2D eigenvalue weighted by atomic mass is 10.1. The minimum absolute atomic E-state index is 0.00189. The second-order valence-electron chi connectivity index (χ2n) is 6.07. The van der Waals surface area contributed by atoms with Crippen molar-refractivity contribution >= 4 is 17.7 Å². The van der Waals surface area contributed by atoms with Gasteiger partial charge in [0.1, 0.15) is 5.82 Å². The number of hydrogen-bond donors (Lipinski definition) is 1. The molecule has 6 heteroatoms. The van der Waals surface area contributed by atoms with Crippen LogP contribution in [0.3, 0.4) is 0 Å². The van der Waals surface area contributed by atoms with Crippen molar-refractivity contribution in [2.24, 2.45) is 0 Å². The van der Waals surface area contributed by atoms with E-state index in [1.165, 1.54) is 22.9 Å². The summed E-state index contributed by atoms with van der Waals surface area (Å²) in [4.78, 5) is 12.1. The summed E-state index contributed by atoms with van der Waals surface area (Å²) in [7, 11) is 0. The van der Waals surface area contributed by atoms with Gasteiger partial charge in [0.25, 0.3) is 0 Å². The van der Waals surface area contributed by atoms with Gasteiger partial charge in [-0.05, 0) is 38.0 Å². The first-order valence-electron chi connectivity index (χ1n) is 8.56. The van der Waals surface area contributed by atoms with Crippen molar-refractivity contribution in [1.29, 1.82) is 0 Å². The molecule has 0 radical (unpaired) electrons. The Balaban J connectivity index is 1.55. The molecule has 1 N–H and O–H groups in total. The molecule has 0 saturated carbocycles. The molecule has 0 saturated heterocycles. The summed E-state index contributed by atoms with van der Waals surface area (Å²) in [6.07, 6.45) is 0.829. The maximum atomic E-state index is 12.1. The summed E-state index contributed by atoms with van der Waals surface area (Å²) in [6.45, 7) is 4.60. The van der Waals surface area contributed by atoms with Crippen LogP contribution in [0.4, 0.5) is 0 Å². The molecule has 0 fully saturated rings. The molecule has 1 heterocycles. The summed E-state index contributed by atoms with van der Waals surface area (Å²) < 4.78 is 1.97. The van der Waals surface area contributed by atoms with E-state index in [1.54, 1.807) is 0 Å². The first kappa shape index (κ1) is 18.2. The number of amides is 1. The van der Waals surface area contributed by atoms with Gasteiger partial charge in [-0.25, -0.2) is 0 Å². The zero-order valence-electron chi connectivity index (χ0n) is 15.0. The van der Waals surface area contributed by atoms with Gasteiger partial charge < -0.3 is 5.32 Å². The third-order valence-corrected chi connectivity index (χ3v) is 4.93. The fourth-order valence-electron chi connectivity index (χ4n) is 2.60. The van der Waals surface area contributed by atoms with Gasteiger partial charge in [-0.1, -0.05) is 59.8 Å². The van der Waals surface area contributed by atoms with Gasteiger partial charge in [-0.3, -0.25) is 9.36 Å². The quantitative estimate of drug-likeness (QED) is 0.652. The lowest BCUT2D eigenvalue weighted by molar-refractivity contribution is -0.118. The van der Waals surface area contributed by atoms with E-state index in [1.807, 2.05) is 41.8 Å². The van der Waals surface area contributed by atoms with E-state index in [2.05, 4.69) is 46.7 Å². The van der Waals surface area contributed by atoms with Crippen molar-refractivity contribution in [3.05, 3.63) is 71.5 Å². The zero-order chi connectivity index (χ0) is 18.4. The maximum Gasteiger partial charge on any atom is 0.230 e. The van der Waals surface area contributed by atoms with Crippen LogP contribution in [0.1, 0.15) is 17.0 Å². The predicted octanol–water partition coefficient (Wildman–Crippen LogP) is 3.34. The number of nitrogens with one attached hydrogen (secondary N) is 1. The number of nitrogens with zero attached hydrogens (tertiary/aromatic N) is 3. The summed E-state index contributed by atoms with van der Waals surface area (Å²) in [6, 6.07) is 18.3. The lowest BCUT2D eigenvalue weighted by Crippen LogP contribution is -2.27. The minimum atomic E-state index is 0.00189. The molecule has 0 aliphatic rings. The van der Waals surface area contributed by atoms with Crippen LogP contribution in [0.5, 0.6) is 0 Å². The monoisotopic (exact) mass is 366 g/mol. The van der Waals surface area contributed by atoms with Gasteiger partial charge in [-0.15, -0.1) is 10.2 Å². The van der Waals surface area contributed by atoms with Gasteiger partial charge in [0.15, 0.2) is 5.16 Å². The van der Waals surface area contributed by atoms with Crippen LogP contribution < -0.4 is 5.32 Å². The van der Waals surface area contributed by atoms with Gasteiger partial charge in [0.2, 0.25) is 5.91 Å². The first-order chi connectivity index (χ1) is 12.6. The highest BCUT2D eigenvalue weighted by Crippen LogP contribution is 2.21. The molecule has 0 unspecified atom stereocenters. The van der Waals surface area contributed by atoms with Crippen LogP contribution in [-0.2, 0) is 11.2 Å². The summed E-state index contributed by atoms with van der Waals surface area (Å²) >= 11 is 1.40. The highest BCUT2D eigenvalue weighted by molar-refractivity contribution is 7.99. The fourth-order valence-corrected chi connectivity index (χ4v) is 3.43. The summed E-state index contributed by atoms with van der Waals surface area (Å²) in [5.74, 6) is 1.13. The molecule has 0 aliphatic carbocycles. The number of thioether (sulfide) groups is 1. The number of aryl methyl sites for hydroxylation is 2. The second-order valence-corrected chi connectivity index (χ2v) is 7.02. The highest BCUT2D eigenvalue weighted by atomic mass is 32.2. The molecule has 1 amide bonds. The van der Waals surface area contributed by atoms with E-state index in [0.717, 1.165) is 23.1 Å². The number of hydrogen-bond acceptors (Lipinski definition) is 4. The first-order valence-corrected chi connectivity index (χ1v) is 9.54. The van der Waals surface area contributed by atoms with Crippen LogP contribution in [0.2, 0.25) is 0 Å². The van der Waals surface area contributed by atoms with Gasteiger partial charge in [0, 0.05) is 12.2 Å². The number of benzene rings is 2. The van der Waals surface area contributed by atoms with Crippen molar-refractivity contribution in [3.63, 3.8) is 0 Å². The number of carbonyl (C=O) groups is 1. The Hall–Kier alpha value is -2.60. The van der Waals surface area contributed by atoms with E-state index in [9.17, 15) is 4.79 Å². The van der Waals surface area contributed by atoms with E-state index in [0.29, 0.717) is 12.3 Å². The van der Waals surface area contributed by atoms with Crippen molar-refractivity contribution in [1.82, 2.24) is 20.1 Å². The van der Waals surface area contributed by atoms with Crippen molar-refractivity contribution in [2.75, 3.05) is 12.3 Å². The summed E-state index contributed by atoms with van der Waals surface area (Å²) in [5.41, 5.74) is 3.42. The van der Waals surface area contributed by atoms with Gasteiger partial charge in [0.05, 0.1) is 5.75 Å². The maximum absolute atomic E-state index is 12.1. The van der Waals surface area contributed by atoms with Crippen LogP contribution in [0, 0.1) is 13.8 Å². The smallest absolute Gasteiger partial charge is 0.230 e. The van der Waals surface area contributed by atoms with Crippen molar-refractivity contribution in [3.8, 4) is 5.69 Å². The highest BCUT2D eigenvalue weighted by Gasteiger charge is 2.13. The molecule has 3 aromatic rings. The van der Waals surface area contributed by atoms with Crippen LogP contribution in [-0.4, -0.2) is 33.0 Å². The van der Waals surface area contributed by atoms with Gasteiger partial charge in [-0.2, -0.15) is 0 Å². The molecule has 1 aromatic heterocycles. The zero-order valence-corrected chi connectivity index (χ0v) is 15.8. The Morgan fingerprint density at radius 2 is 1.77 bits per heavy atom. The average molecular weight is 366 g/mol. The third-order valence-electron chi connectivity index (χ3n) is 4.00. The second kappa shape index (κ2) is 8.67. The van der Waals surface area contributed by atoms with E-state index < -0.39 is 0 Å². The van der Waals surface area contributed by atoms with Crippen LogP contribution in [0.15, 0.2) is 59.8 Å². The molecule has 0 aliphatic heterocycles. The lowest BCUT2D eigenvalue weighted by Gasteiger charge is -2.09. The standard InChI is InChI=1S/C20H22N4OS/c1-15-8-10-18(11-9-15)24-16(2)22-23-20(24)26-14-19(25)21-13-12-17-6-4-3-5-7-17/h3-11H,12-14H2,1-2H3,(H,21,25). The molecular weight excluding hydrogens is 344 g/mol. The topological polar surface area (TPSA) is 59.8 Å². The summed E-state index contributed by atoms with van der Waals surface area (Å²) in [5, 5.41) is 12.0. The SMILES string of the molecule is Cc1ccc(-n2c(C)nnc2SCC(=O)NCCc2ccccc2)cc1. The molecule has 26 heavy (non-hydrogen) atoms. The third kappa shape index (κ3) is 4.73. The molecule has 3 rings (SSSR count). The Morgan fingerprint density at radius 1 is 1.04 bits per heavy atom. The predicted molar refractivity (Wildman–Crippen MR) is 105 cm³/mol.